The highest BCUT2D eigenvalue weighted by Gasteiger charge is 2.33. The number of alkyl halides is 2. The standard InChI is InChI=1S/C21H24F2N4O3S/c1-11(2)15-7-13(5-6-16(15)30-20(22)23)14-8-18(29)27(9-14)10-17(28)24-21-26-25-19(31-21)12-3-4-12/h5-7,11-12,14,20H,3-4,8-10H2,1-2H3,(H,24,26,28)/t14-/m1/s1. The first-order valence-electron chi connectivity index (χ1n) is 10.3. The molecule has 0 unspecified atom stereocenters. The molecule has 1 aliphatic heterocycles. The zero-order valence-electron chi connectivity index (χ0n) is 17.3. The van der Waals surface area contributed by atoms with Crippen LogP contribution in [0.3, 0.4) is 0 Å². The van der Waals surface area contributed by atoms with Gasteiger partial charge < -0.3 is 9.64 Å². The molecule has 1 atom stereocenters. The van der Waals surface area contributed by atoms with Crippen LogP contribution in [0.5, 0.6) is 5.75 Å². The molecule has 4 rings (SSSR count). The second-order valence-corrected chi connectivity index (χ2v) is 9.28. The van der Waals surface area contributed by atoms with Crippen molar-refractivity contribution in [3.63, 3.8) is 0 Å². The van der Waals surface area contributed by atoms with Crippen LogP contribution in [0.1, 0.15) is 67.0 Å². The molecule has 10 heteroatoms. The molecule has 2 amide bonds. The summed E-state index contributed by atoms with van der Waals surface area (Å²) in [7, 11) is 0. The largest absolute Gasteiger partial charge is 0.435 e. The van der Waals surface area contributed by atoms with Gasteiger partial charge >= 0.3 is 6.61 Å². The third-order valence-electron chi connectivity index (χ3n) is 5.51. The van der Waals surface area contributed by atoms with E-state index in [1.165, 1.54) is 22.3 Å². The number of benzene rings is 1. The van der Waals surface area contributed by atoms with Crippen LogP contribution >= 0.6 is 11.3 Å². The molecule has 2 fully saturated rings. The van der Waals surface area contributed by atoms with E-state index in [2.05, 4.69) is 20.3 Å². The lowest BCUT2D eigenvalue weighted by Gasteiger charge is -2.18. The molecular weight excluding hydrogens is 426 g/mol. The lowest BCUT2D eigenvalue weighted by molar-refractivity contribution is -0.131. The molecule has 1 aliphatic carbocycles. The number of aromatic nitrogens is 2. The Hall–Kier alpha value is -2.62. The van der Waals surface area contributed by atoms with Gasteiger partial charge in [0.15, 0.2) is 0 Å². The van der Waals surface area contributed by atoms with Gasteiger partial charge in [-0.1, -0.05) is 37.3 Å². The number of hydrogen-bond donors (Lipinski definition) is 1. The molecule has 1 saturated heterocycles. The van der Waals surface area contributed by atoms with E-state index in [0.29, 0.717) is 23.2 Å². The number of hydrogen-bond acceptors (Lipinski definition) is 6. The highest BCUT2D eigenvalue weighted by Crippen LogP contribution is 2.42. The van der Waals surface area contributed by atoms with Crippen molar-refractivity contribution in [3.8, 4) is 5.75 Å². The maximum Gasteiger partial charge on any atom is 0.387 e. The van der Waals surface area contributed by atoms with Crippen molar-refractivity contribution < 1.29 is 23.1 Å². The van der Waals surface area contributed by atoms with E-state index in [1.807, 2.05) is 19.9 Å². The predicted molar refractivity (Wildman–Crippen MR) is 112 cm³/mol. The SMILES string of the molecule is CC(C)c1cc([C@@H]2CC(=O)N(CC(=O)Nc3nnc(C4CC4)s3)C2)ccc1OC(F)F. The van der Waals surface area contributed by atoms with Crippen molar-refractivity contribution in [1.29, 1.82) is 0 Å². The number of carbonyl (C=O) groups is 2. The van der Waals surface area contributed by atoms with Gasteiger partial charge in [0.2, 0.25) is 16.9 Å². The maximum absolute atomic E-state index is 12.7. The summed E-state index contributed by atoms with van der Waals surface area (Å²) in [5.41, 5.74) is 1.55. The summed E-state index contributed by atoms with van der Waals surface area (Å²) >= 11 is 1.37. The van der Waals surface area contributed by atoms with Crippen LogP contribution in [0, 0.1) is 0 Å². The van der Waals surface area contributed by atoms with E-state index < -0.39 is 6.61 Å². The fourth-order valence-corrected chi connectivity index (χ4v) is 4.66. The van der Waals surface area contributed by atoms with Crippen molar-refractivity contribution in [3.05, 3.63) is 34.3 Å². The normalized spacial score (nSPS) is 18.8. The van der Waals surface area contributed by atoms with Gasteiger partial charge in [-0.3, -0.25) is 14.9 Å². The van der Waals surface area contributed by atoms with Crippen molar-refractivity contribution in [2.24, 2.45) is 0 Å². The van der Waals surface area contributed by atoms with Crippen LogP contribution in [0.15, 0.2) is 18.2 Å². The Morgan fingerprint density at radius 2 is 2.06 bits per heavy atom. The van der Waals surface area contributed by atoms with Gasteiger partial charge in [-0.25, -0.2) is 0 Å². The van der Waals surface area contributed by atoms with Gasteiger partial charge in [0.05, 0.1) is 6.54 Å². The number of rotatable bonds is 8. The Bertz CT molecular complexity index is 977. The van der Waals surface area contributed by atoms with Crippen LogP contribution < -0.4 is 10.1 Å². The first-order chi connectivity index (χ1) is 14.8. The first kappa shape index (κ1) is 21.6. The Balaban J connectivity index is 1.39. The lowest BCUT2D eigenvalue weighted by Crippen LogP contribution is -2.34. The third-order valence-corrected chi connectivity index (χ3v) is 6.51. The maximum atomic E-state index is 12.7. The molecule has 1 saturated carbocycles. The fraction of sp³-hybridized carbons (Fsp3) is 0.524. The van der Waals surface area contributed by atoms with Crippen LogP contribution in [-0.4, -0.2) is 46.6 Å². The highest BCUT2D eigenvalue weighted by molar-refractivity contribution is 7.15. The Labute approximate surface area is 182 Å². The quantitative estimate of drug-likeness (QED) is 0.655. The zero-order valence-corrected chi connectivity index (χ0v) is 18.1. The number of anilines is 1. The smallest absolute Gasteiger partial charge is 0.387 e. The van der Waals surface area contributed by atoms with E-state index in [9.17, 15) is 18.4 Å². The molecule has 1 aromatic carbocycles. The zero-order chi connectivity index (χ0) is 22.1. The topological polar surface area (TPSA) is 84.4 Å². The van der Waals surface area contributed by atoms with E-state index in [-0.39, 0.29) is 42.4 Å². The fourth-order valence-electron chi connectivity index (χ4n) is 3.74. The average Bonchev–Trinajstić information content (AvgIpc) is 3.35. The number of likely N-dealkylation sites (tertiary alicyclic amines) is 1. The van der Waals surface area contributed by atoms with Crippen molar-refractivity contribution in [1.82, 2.24) is 15.1 Å². The molecule has 2 aliphatic rings. The summed E-state index contributed by atoms with van der Waals surface area (Å²) < 4.78 is 30.0. The van der Waals surface area contributed by atoms with Crippen LogP contribution in [0.2, 0.25) is 0 Å². The summed E-state index contributed by atoms with van der Waals surface area (Å²) in [4.78, 5) is 26.4. The van der Waals surface area contributed by atoms with Crippen LogP contribution in [0.4, 0.5) is 13.9 Å². The minimum absolute atomic E-state index is 0.0138. The molecular formula is C21H24F2N4O3S. The summed E-state index contributed by atoms with van der Waals surface area (Å²) in [6.07, 6.45) is 2.49. The van der Waals surface area contributed by atoms with E-state index in [0.717, 1.165) is 23.4 Å². The predicted octanol–water partition coefficient (Wildman–Crippen LogP) is 4.09. The molecule has 0 bridgehead atoms. The lowest BCUT2D eigenvalue weighted by atomic mass is 9.92. The van der Waals surface area contributed by atoms with Crippen molar-refractivity contribution in [2.75, 3.05) is 18.4 Å². The van der Waals surface area contributed by atoms with E-state index in [1.54, 1.807) is 6.07 Å². The van der Waals surface area contributed by atoms with E-state index >= 15 is 0 Å². The monoisotopic (exact) mass is 450 g/mol. The number of amides is 2. The Morgan fingerprint density at radius 1 is 1.29 bits per heavy atom. The molecule has 2 aromatic rings. The van der Waals surface area contributed by atoms with Gasteiger partial charge in [-0.15, -0.1) is 10.2 Å². The Morgan fingerprint density at radius 3 is 2.74 bits per heavy atom. The van der Waals surface area contributed by atoms with Crippen molar-refractivity contribution >= 4 is 28.3 Å². The average molecular weight is 451 g/mol. The number of nitrogens with one attached hydrogen (secondary N) is 1. The number of nitrogens with zero attached hydrogens (tertiary/aromatic N) is 3. The number of halogens is 2. The second-order valence-electron chi connectivity index (χ2n) is 8.27. The highest BCUT2D eigenvalue weighted by atomic mass is 32.1. The molecule has 0 radical (unpaired) electrons. The summed E-state index contributed by atoms with van der Waals surface area (Å²) in [6.45, 7) is 1.24. The minimum Gasteiger partial charge on any atom is -0.435 e. The number of carbonyl (C=O) groups excluding carboxylic acids is 2. The van der Waals surface area contributed by atoms with Gasteiger partial charge in [-0.05, 0) is 36.0 Å². The Kier molecular flexibility index (Phi) is 6.17. The summed E-state index contributed by atoms with van der Waals surface area (Å²) in [5.74, 6) is 0.0712. The van der Waals surface area contributed by atoms with Gasteiger partial charge in [0.1, 0.15) is 10.8 Å². The molecule has 0 spiro atoms. The van der Waals surface area contributed by atoms with Gasteiger partial charge in [-0.2, -0.15) is 8.78 Å². The second kappa shape index (κ2) is 8.86. The molecule has 1 aromatic heterocycles. The summed E-state index contributed by atoms with van der Waals surface area (Å²) in [6, 6.07) is 5.07. The van der Waals surface area contributed by atoms with Crippen molar-refractivity contribution in [2.45, 2.75) is 57.5 Å². The number of ether oxygens (including phenoxy) is 1. The van der Waals surface area contributed by atoms with Crippen LogP contribution in [-0.2, 0) is 9.59 Å². The molecule has 31 heavy (non-hydrogen) atoms. The first-order valence-corrected chi connectivity index (χ1v) is 11.1. The van der Waals surface area contributed by atoms with Crippen LogP contribution in [0.25, 0.3) is 0 Å². The molecule has 7 nitrogen and oxygen atoms in total. The molecule has 166 valence electrons. The van der Waals surface area contributed by atoms with E-state index in [4.69, 9.17) is 0 Å². The molecule has 1 N–H and O–H groups in total. The minimum atomic E-state index is -2.89. The third kappa shape index (κ3) is 5.17. The van der Waals surface area contributed by atoms with Gasteiger partial charge in [0, 0.05) is 24.8 Å². The van der Waals surface area contributed by atoms with Gasteiger partial charge in [0.25, 0.3) is 0 Å². The molecule has 2 heterocycles. The summed E-state index contributed by atoms with van der Waals surface area (Å²) in [5, 5.41) is 12.2.